The van der Waals surface area contributed by atoms with E-state index in [0.29, 0.717) is 22.9 Å². The zero-order valence-corrected chi connectivity index (χ0v) is 11.1. The van der Waals surface area contributed by atoms with Gasteiger partial charge in [-0.05, 0) is 19.1 Å². The number of aromatic nitrogens is 1. The van der Waals surface area contributed by atoms with E-state index in [1.807, 2.05) is 0 Å². The minimum Gasteiger partial charge on any atom is -0.395 e. The lowest BCUT2D eigenvalue weighted by Gasteiger charge is -1.96. The zero-order valence-electron chi connectivity index (χ0n) is 10.3. The average molecular weight is 276 g/mol. The van der Waals surface area contributed by atoms with Crippen LogP contribution in [0.3, 0.4) is 0 Å². The molecule has 2 aromatic rings. The minimum atomic E-state index is -0.253. The molecule has 0 atom stereocenters. The van der Waals surface area contributed by atoms with Gasteiger partial charge in [0.05, 0.1) is 22.1 Å². The monoisotopic (exact) mass is 276 g/mol. The number of carbonyl (C=O) groups excluding carboxylic acids is 1. The van der Waals surface area contributed by atoms with Crippen molar-refractivity contribution in [3.63, 3.8) is 0 Å². The van der Waals surface area contributed by atoms with Gasteiger partial charge >= 0.3 is 0 Å². The Morgan fingerprint density at radius 3 is 3.11 bits per heavy atom. The Bertz CT molecular complexity index is 634. The molecule has 0 saturated carbocycles. The molecule has 2 N–H and O–H groups in total. The first-order valence-electron chi connectivity index (χ1n) is 5.63. The smallest absolute Gasteiger partial charge is 0.268 e. The van der Waals surface area contributed by atoms with Crippen molar-refractivity contribution in [3.8, 4) is 11.8 Å². The van der Waals surface area contributed by atoms with E-state index < -0.39 is 0 Å². The predicted molar refractivity (Wildman–Crippen MR) is 72.1 cm³/mol. The number of hydrogen-bond acceptors (Lipinski definition) is 5. The number of anilines is 1. The molecule has 2 heterocycles. The minimum absolute atomic E-state index is 0.0383. The Balaban J connectivity index is 2.02. The van der Waals surface area contributed by atoms with Crippen molar-refractivity contribution >= 4 is 23.1 Å². The maximum absolute atomic E-state index is 11.9. The molecule has 5 nitrogen and oxygen atoms in total. The largest absolute Gasteiger partial charge is 0.395 e. The number of hydrogen-bond donors (Lipinski definition) is 2. The molecule has 2 rings (SSSR count). The van der Waals surface area contributed by atoms with Crippen LogP contribution in [0.2, 0.25) is 0 Å². The fourth-order valence-corrected chi connectivity index (χ4v) is 2.10. The second-order valence-corrected chi connectivity index (χ2v) is 4.81. The molecule has 2 aromatic heterocycles. The second-order valence-electron chi connectivity index (χ2n) is 3.73. The Morgan fingerprint density at radius 1 is 1.58 bits per heavy atom. The first kappa shape index (κ1) is 13.3. The number of aliphatic hydroxyl groups excluding tert-OH is 1. The summed E-state index contributed by atoms with van der Waals surface area (Å²) in [6, 6.07) is 5.12. The Labute approximate surface area is 114 Å². The van der Waals surface area contributed by atoms with Crippen molar-refractivity contribution in [3.05, 3.63) is 33.6 Å². The van der Waals surface area contributed by atoms with Crippen LogP contribution in [0.25, 0.3) is 0 Å². The molecule has 0 unspecified atom stereocenters. The van der Waals surface area contributed by atoms with Crippen molar-refractivity contribution < 1.29 is 14.4 Å². The van der Waals surface area contributed by atoms with Gasteiger partial charge in [-0.2, -0.15) is 0 Å². The summed E-state index contributed by atoms with van der Waals surface area (Å²) in [6.07, 6.45) is 0.427. The van der Waals surface area contributed by atoms with Gasteiger partial charge in [0, 0.05) is 12.5 Å². The first-order valence-corrected chi connectivity index (χ1v) is 6.45. The molecule has 0 aliphatic heterocycles. The van der Waals surface area contributed by atoms with Crippen LogP contribution >= 0.6 is 11.3 Å². The Morgan fingerprint density at radius 2 is 2.42 bits per heavy atom. The molecule has 19 heavy (non-hydrogen) atoms. The van der Waals surface area contributed by atoms with Gasteiger partial charge < -0.3 is 9.63 Å². The molecular weight excluding hydrogens is 264 g/mol. The van der Waals surface area contributed by atoms with Gasteiger partial charge in [-0.25, -0.2) is 0 Å². The van der Waals surface area contributed by atoms with E-state index >= 15 is 0 Å². The number of nitrogens with one attached hydrogen (secondary N) is 1. The summed E-state index contributed by atoms with van der Waals surface area (Å²) < 4.78 is 4.91. The van der Waals surface area contributed by atoms with Gasteiger partial charge in [-0.1, -0.05) is 17.0 Å². The second kappa shape index (κ2) is 6.18. The highest BCUT2D eigenvalue weighted by Crippen LogP contribution is 2.18. The summed E-state index contributed by atoms with van der Waals surface area (Å²) >= 11 is 1.29. The van der Waals surface area contributed by atoms with E-state index in [1.165, 1.54) is 11.3 Å². The standard InChI is InChI=1S/C13H12N2O3S/c1-9-8-12(18-15-9)14-13(17)11-6-5-10(19-11)4-2-3-7-16/h5-6,8,16H,3,7H2,1H3,(H,14,17). The summed E-state index contributed by atoms with van der Waals surface area (Å²) in [5.74, 6) is 5.76. The molecule has 6 heteroatoms. The van der Waals surface area contributed by atoms with Crippen molar-refractivity contribution in [2.24, 2.45) is 0 Å². The van der Waals surface area contributed by atoms with E-state index in [1.54, 1.807) is 25.1 Å². The molecule has 0 aliphatic carbocycles. The van der Waals surface area contributed by atoms with E-state index in [4.69, 9.17) is 9.63 Å². The third kappa shape index (κ3) is 3.68. The molecular formula is C13H12N2O3S. The lowest BCUT2D eigenvalue weighted by atomic mass is 10.4. The molecule has 1 amide bonds. The van der Waals surface area contributed by atoms with Crippen LogP contribution in [0.5, 0.6) is 0 Å². The summed E-state index contributed by atoms with van der Waals surface area (Å²) in [5.41, 5.74) is 0.706. The van der Waals surface area contributed by atoms with E-state index in [9.17, 15) is 4.79 Å². The summed E-state index contributed by atoms with van der Waals surface area (Å²) in [4.78, 5) is 13.2. The number of thiophene rings is 1. The predicted octanol–water partition coefficient (Wildman–Crippen LogP) is 2.03. The fourth-order valence-electron chi connectivity index (χ4n) is 1.33. The van der Waals surface area contributed by atoms with E-state index in [-0.39, 0.29) is 12.5 Å². The SMILES string of the molecule is Cc1cc(NC(=O)c2ccc(C#CCCO)s2)on1. The molecule has 0 saturated heterocycles. The summed E-state index contributed by atoms with van der Waals surface area (Å²) in [7, 11) is 0. The highest BCUT2D eigenvalue weighted by molar-refractivity contribution is 7.14. The lowest BCUT2D eigenvalue weighted by Crippen LogP contribution is -2.09. The van der Waals surface area contributed by atoms with Gasteiger partial charge in [0.25, 0.3) is 5.91 Å². The average Bonchev–Trinajstić information content (AvgIpc) is 2.99. The topological polar surface area (TPSA) is 75.4 Å². The number of aryl methyl sites for hydroxylation is 1. The molecule has 98 valence electrons. The Kier molecular flexibility index (Phi) is 4.34. The van der Waals surface area contributed by atoms with Gasteiger partial charge in [-0.3, -0.25) is 10.1 Å². The molecule has 0 fully saturated rings. The van der Waals surface area contributed by atoms with Gasteiger partial charge in [0.2, 0.25) is 5.88 Å². The van der Waals surface area contributed by atoms with Crippen LogP contribution in [0.15, 0.2) is 22.7 Å². The van der Waals surface area contributed by atoms with Gasteiger partial charge in [-0.15, -0.1) is 11.3 Å². The van der Waals surface area contributed by atoms with E-state index in [0.717, 1.165) is 4.88 Å². The van der Waals surface area contributed by atoms with Crippen molar-refractivity contribution in [2.75, 3.05) is 11.9 Å². The zero-order chi connectivity index (χ0) is 13.7. The summed E-state index contributed by atoms with van der Waals surface area (Å²) in [6.45, 7) is 1.82. The van der Waals surface area contributed by atoms with Gasteiger partial charge in [0.1, 0.15) is 0 Å². The highest BCUT2D eigenvalue weighted by Gasteiger charge is 2.11. The number of amides is 1. The molecule has 0 aromatic carbocycles. The molecule has 0 radical (unpaired) electrons. The number of carbonyl (C=O) groups is 1. The molecule has 0 spiro atoms. The third-order valence-electron chi connectivity index (χ3n) is 2.14. The third-order valence-corrected chi connectivity index (χ3v) is 3.14. The lowest BCUT2D eigenvalue weighted by molar-refractivity contribution is 0.102. The molecule has 0 bridgehead atoms. The van der Waals surface area contributed by atoms with Crippen LogP contribution < -0.4 is 5.32 Å². The normalized spacial score (nSPS) is 9.79. The van der Waals surface area contributed by atoms with Gasteiger partial charge in [0.15, 0.2) is 0 Å². The quantitative estimate of drug-likeness (QED) is 0.841. The van der Waals surface area contributed by atoms with Crippen molar-refractivity contribution in [1.82, 2.24) is 5.16 Å². The van der Waals surface area contributed by atoms with Crippen LogP contribution in [0.4, 0.5) is 5.88 Å². The first-order chi connectivity index (χ1) is 9.19. The highest BCUT2D eigenvalue weighted by atomic mass is 32.1. The van der Waals surface area contributed by atoms with Crippen LogP contribution in [0.1, 0.15) is 26.7 Å². The maximum Gasteiger partial charge on any atom is 0.268 e. The van der Waals surface area contributed by atoms with Crippen molar-refractivity contribution in [2.45, 2.75) is 13.3 Å². The fraction of sp³-hybridized carbons (Fsp3) is 0.231. The van der Waals surface area contributed by atoms with Crippen LogP contribution in [-0.4, -0.2) is 22.8 Å². The number of aliphatic hydroxyl groups is 1. The maximum atomic E-state index is 11.9. The Hall–Kier alpha value is -2.10. The number of rotatable bonds is 3. The van der Waals surface area contributed by atoms with Crippen molar-refractivity contribution in [1.29, 1.82) is 0 Å². The molecule has 0 aliphatic rings. The summed E-state index contributed by atoms with van der Waals surface area (Å²) in [5, 5.41) is 14.9. The van der Waals surface area contributed by atoms with E-state index in [2.05, 4.69) is 22.3 Å². The number of nitrogens with zero attached hydrogens (tertiary/aromatic N) is 1. The van der Waals surface area contributed by atoms with Crippen LogP contribution in [0, 0.1) is 18.8 Å². The van der Waals surface area contributed by atoms with Crippen LogP contribution in [-0.2, 0) is 0 Å².